The number of thioether (sulfide) groups is 1. The molecule has 92 valence electrons. The van der Waals surface area contributed by atoms with Gasteiger partial charge in [0.15, 0.2) is 5.17 Å². The Hall–Kier alpha value is 0.480. The number of benzene rings is 1. The summed E-state index contributed by atoms with van der Waals surface area (Å²) in [5.74, 6) is 1.01. The van der Waals surface area contributed by atoms with Crippen LogP contribution in [0.3, 0.4) is 0 Å². The molecule has 1 heterocycles. The predicted octanol–water partition coefficient (Wildman–Crippen LogP) is 5.27. The Kier molecular flexibility index (Phi) is 4.28. The number of nitrogens with one attached hydrogen (secondary N) is 1. The van der Waals surface area contributed by atoms with Crippen LogP contribution in [0.25, 0.3) is 0 Å². The van der Waals surface area contributed by atoms with E-state index in [0.29, 0.717) is 0 Å². The van der Waals surface area contributed by atoms with Crippen LogP contribution in [0.15, 0.2) is 30.5 Å². The van der Waals surface area contributed by atoms with Gasteiger partial charge in [-0.15, -0.1) is 0 Å². The van der Waals surface area contributed by atoms with Crippen LogP contribution >= 0.6 is 59.6 Å². The summed E-state index contributed by atoms with van der Waals surface area (Å²) in [5, 5.41) is 4.33. The molecule has 17 heavy (non-hydrogen) atoms. The van der Waals surface area contributed by atoms with Crippen molar-refractivity contribution < 1.29 is 0 Å². The number of anilines is 1. The average Bonchev–Trinajstić information content (AvgIpc) is 2.52. The summed E-state index contributed by atoms with van der Waals surface area (Å²) in [6.07, 6.45) is 0. The van der Waals surface area contributed by atoms with Gasteiger partial charge in [-0.3, -0.25) is 4.99 Å². The lowest BCUT2D eigenvalue weighted by Crippen LogP contribution is -2.15. The van der Waals surface area contributed by atoms with E-state index in [4.69, 9.17) is 0 Å². The van der Waals surface area contributed by atoms with Gasteiger partial charge in [-0.25, -0.2) is 0 Å². The molecule has 6 heteroatoms. The van der Waals surface area contributed by atoms with E-state index in [1.165, 1.54) is 0 Å². The van der Waals surface area contributed by atoms with Crippen molar-refractivity contribution in [2.24, 2.45) is 4.99 Å². The zero-order valence-electron chi connectivity index (χ0n) is 9.35. The van der Waals surface area contributed by atoms with Crippen molar-refractivity contribution in [2.75, 3.05) is 11.1 Å². The maximum atomic E-state index is 4.64. The first kappa shape index (κ1) is 13.9. The summed E-state index contributed by atoms with van der Waals surface area (Å²) in [6.45, 7) is 4.28. The minimum Gasteiger partial charge on any atom is -0.333 e. The Morgan fingerprint density at radius 3 is 2.29 bits per heavy atom. The Morgan fingerprint density at radius 1 is 1.24 bits per heavy atom. The Bertz CT molecular complexity index is 463. The fourth-order valence-electron chi connectivity index (χ4n) is 1.42. The van der Waals surface area contributed by atoms with Gasteiger partial charge >= 0.3 is 0 Å². The quantitative estimate of drug-likeness (QED) is 0.640. The number of hydrogen-bond acceptors (Lipinski definition) is 3. The smallest absolute Gasteiger partial charge is 0.161 e. The van der Waals surface area contributed by atoms with E-state index in [0.717, 1.165) is 30.0 Å². The molecule has 0 aliphatic carbocycles. The third kappa shape index (κ3) is 3.49. The van der Waals surface area contributed by atoms with E-state index >= 15 is 0 Å². The fraction of sp³-hybridized carbons (Fsp3) is 0.364. The van der Waals surface area contributed by atoms with Crippen LogP contribution in [-0.4, -0.2) is 16.5 Å². The molecule has 0 bridgehead atoms. The molecule has 1 aromatic carbocycles. The summed E-state index contributed by atoms with van der Waals surface area (Å²) in [6, 6.07) is 4.02. The van der Waals surface area contributed by atoms with Crippen molar-refractivity contribution >= 4 is 70.4 Å². The Balaban J connectivity index is 2.26. The normalized spacial score (nSPS) is 18.1. The van der Waals surface area contributed by atoms with Gasteiger partial charge < -0.3 is 5.32 Å². The predicted molar refractivity (Wildman–Crippen MR) is 87.1 cm³/mol. The minimum absolute atomic E-state index is 0.0291. The molecule has 2 nitrogen and oxygen atoms in total. The second kappa shape index (κ2) is 5.23. The van der Waals surface area contributed by atoms with Crippen molar-refractivity contribution in [3.05, 3.63) is 25.6 Å². The summed E-state index contributed by atoms with van der Waals surface area (Å²) in [7, 11) is 0. The summed E-state index contributed by atoms with van der Waals surface area (Å²) in [4.78, 5) is 4.64. The van der Waals surface area contributed by atoms with Crippen LogP contribution < -0.4 is 5.32 Å². The summed E-state index contributed by atoms with van der Waals surface area (Å²) in [5.41, 5.74) is 1.04. The molecular formula is C11H11Br3N2S. The molecule has 2 rings (SSSR count). The Labute approximate surface area is 130 Å². The van der Waals surface area contributed by atoms with Crippen molar-refractivity contribution in [1.82, 2.24) is 0 Å². The van der Waals surface area contributed by atoms with Crippen LogP contribution in [0.5, 0.6) is 0 Å². The van der Waals surface area contributed by atoms with E-state index in [1.807, 2.05) is 12.1 Å². The zero-order valence-corrected chi connectivity index (χ0v) is 14.9. The molecule has 0 aromatic heterocycles. The number of nitrogens with zero attached hydrogens (tertiary/aromatic N) is 1. The maximum Gasteiger partial charge on any atom is 0.161 e. The van der Waals surface area contributed by atoms with Gasteiger partial charge in [-0.05, 0) is 57.8 Å². The molecule has 1 aliphatic rings. The topological polar surface area (TPSA) is 24.4 Å². The first-order chi connectivity index (χ1) is 7.87. The monoisotopic (exact) mass is 440 g/mol. The van der Waals surface area contributed by atoms with Crippen LogP contribution in [0.2, 0.25) is 0 Å². The molecule has 0 atom stereocenters. The molecule has 1 N–H and O–H groups in total. The van der Waals surface area contributed by atoms with Gasteiger partial charge in [0.1, 0.15) is 0 Å². The lowest BCUT2D eigenvalue weighted by molar-refractivity contribution is 0.605. The van der Waals surface area contributed by atoms with E-state index < -0.39 is 0 Å². The SMILES string of the molecule is CC1(C)CSC(Nc2c(Br)cc(Br)cc2Br)=N1. The lowest BCUT2D eigenvalue weighted by Gasteiger charge is -2.11. The van der Waals surface area contributed by atoms with Gasteiger partial charge in [0.05, 0.1) is 11.2 Å². The molecule has 1 aromatic rings. The Morgan fingerprint density at radius 2 is 1.82 bits per heavy atom. The minimum atomic E-state index is 0.0291. The first-order valence-electron chi connectivity index (χ1n) is 5.02. The third-order valence-electron chi connectivity index (χ3n) is 2.21. The number of halogens is 3. The van der Waals surface area contributed by atoms with Crippen LogP contribution in [-0.2, 0) is 0 Å². The summed E-state index contributed by atoms with van der Waals surface area (Å²) >= 11 is 12.3. The molecule has 0 spiro atoms. The summed E-state index contributed by atoms with van der Waals surface area (Å²) < 4.78 is 3.04. The molecule has 0 radical (unpaired) electrons. The second-order valence-corrected chi connectivity index (χ2v) is 7.98. The highest BCUT2D eigenvalue weighted by Gasteiger charge is 2.26. The molecule has 0 saturated heterocycles. The lowest BCUT2D eigenvalue weighted by atomic mass is 10.1. The van der Waals surface area contributed by atoms with Gasteiger partial charge in [0.25, 0.3) is 0 Å². The number of rotatable bonds is 1. The van der Waals surface area contributed by atoms with Crippen molar-refractivity contribution in [1.29, 1.82) is 0 Å². The second-order valence-electron chi connectivity index (χ2n) is 4.39. The standard InChI is InChI=1S/C11H11Br3N2S/c1-11(2)5-17-10(16-11)15-9-7(13)3-6(12)4-8(9)14/h3-4H,5H2,1-2H3,(H,15,16). The van der Waals surface area contributed by atoms with Crippen LogP contribution in [0, 0.1) is 0 Å². The molecule has 1 aliphatic heterocycles. The number of aliphatic imine (C=N–C) groups is 1. The molecule has 0 saturated carbocycles. The van der Waals surface area contributed by atoms with Crippen molar-refractivity contribution in [3.8, 4) is 0 Å². The number of hydrogen-bond donors (Lipinski definition) is 1. The highest BCUT2D eigenvalue weighted by Crippen LogP contribution is 2.36. The zero-order chi connectivity index (χ0) is 12.6. The van der Waals surface area contributed by atoms with Crippen molar-refractivity contribution in [3.63, 3.8) is 0 Å². The highest BCUT2D eigenvalue weighted by molar-refractivity contribution is 9.11. The molecular weight excluding hydrogens is 432 g/mol. The molecule has 0 amide bonds. The third-order valence-corrected chi connectivity index (χ3v) is 5.23. The van der Waals surface area contributed by atoms with Gasteiger partial charge in [-0.1, -0.05) is 27.7 Å². The average molecular weight is 443 g/mol. The molecule has 0 unspecified atom stereocenters. The van der Waals surface area contributed by atoms with E-state index in [2.05, 4.69) is 71.9 Å². The number of amidine groups is 1. The van der Waals surface area contributed by atoms with Gasteiger partial charge in [0, 0.05) is 19.2 Å². The first-order valence-corrected chi connectivity index (χ1v) is 8.38. The van der Waals surface area contributed by atoms with Crippen LogP contribution in [0.4, 0.5) is 5.69 Å². The van der Waals surface area contributed by atoms with Crippen LogP contribution in [0.1, 0.15) is 13.8 Å². The van der Waals surface area contributed by atoms with Gasteiger partial charge in [0.2, 0.25) is 0 Å². The van der Waals surface area contributed by atoms with E-state index in [-0.39, 0.29) is 5.54 Å². The van der Waals surface area contributed by atoms with E-state index in [1.54, 1.807) is 11.8 Å². The largest absolute Gasteiger partial charge is 0.333 e. The van der Waals surface area contributed by atoms with Crippen molar-refractivity contribution in [2.45, 2.75) is 19.4 Å². The maximum absolute atomic E-state index is 4.64. The fourth-order valence-corrected chi connectivity index (χ4v) is 4.91. The highest BCUT2D eigenvalue weighted by atomic mass is 79.9. The molecule has 0 fully saturated rings. The van der Waals surface area contributed by atoms with Gasteiger partial charge in [-0.2, -0.15) is 0 Å². The van der Waals surface area contributed by atoms with E-state index in [9.17, 15) is 0 Å².